The van der Waals surface area contributed by atoms with Crippen molar-refractivity contribution < 1.29 is 13.2 Å². The molecule has 0 aliphatic carbocycles. The van der Waals surface area contributed by atoms with Crippen molar-refractivity contribution in [2.75, 3.05) is 16.2 Å². The van der Waals surface area contributed by atoms with Gasteiger partial charge >= 0.3 is 0 Å². The number of hydrogen-bond donors (Lipinski definition) is 1. The third-order valence-corrected chi connectivity index (χ3v) is 6.90. The molecule has 1 aliphatic heterocycles. The number of para-hydroxylation sites is 1. The second-order valence-electron chi connectivity index (χ2n) is 7.72. The van der Waals surface area contributed by atoms with Gasteiger partial charge in [-0.2, -0.15) is 5.26 Å². The molecule has 0 saturated carbocycles. The van der Waals surface area contributed by atoms with E-state index >= 15 is 0 Å². The van der Waals surface area contributed by atoms with Crippen LogP contribution in [0, 0.1) is 11.3 Å². The minimum absolute atomic E-state index is 0.00771. The molecule has 7 heteroatoms. The SMILES string of the molecule is N#Cc1ccc(CCC(=O)N2CCCc3cc(S(=O)(=O)Nc4ccccc4)ccc32)cc1. The number of anilines is 2. The maximum Gasteiger partial charge on any atom is 0.261 e. The van der Waals surface area contributed by atoms with Gasteiger partial charge in [0.15, 0.2) is 0 Å². The number of rotatable bonds is 6. The van der Waals surface area contributed by atoms with Crippen molar-refractivity contribution in [1.82, 2.24) is 0 Å². The topological polar surface area (TPSA) is 90.3 Å². The first-order valence-electron chi connectivity index (χ1n) is 10.5. The van der Waals surface area contributed by atoms with E-state index in [2.05, 4.69) is 10.8 Å². The zero-order chi connectivity index (χ0) is 22.6. The molecule has 0 fully saturated rings. The van der Waals surface area contributed by atoms with Gasteiger partial charge < -0.3 is 4.90 Å². The maximum absolute atomic E-state index is 12.9. The number of sulfonamides is 1. The van der Waals surface area contributed by atoms with Gasteiger partial charge in [0.05, 0.1) is 16.5 Å². The fraction of sp³-hybridized carbons (Fsp3) is 0.200. The number of fused-ring (bicyclic) bond motifs is 1. The van der Waals surface area contributed by atoms with Crippen molar-refractivity contribution in [2.45, 2.75) is 30.6 Å². The molecule has 0 atom stereocenters. The Morgan fingerprint density at radius 3 is 2.50 bits per heavy atom. The Balaban J connectivity index is 1.48. The number of carbonyl (C=O) groups excluding carboxylic acids is 1. The van der Waals surface area contributed by atoms with Crippen LogP contribution in [0.3, 0.4) is 0 Å². The van der Waals surface area contributed by atoms with Gasteiger partial charge in [-0.25, -0.2) is 8.42 Å². The highest BCUT2D eigenvalue weighted by Gasteiger charge is 2.24. The zero-order valence-electron chi connectivity index (χ0n) is 17.5. The van der Waals surface area contributed by atoms with Crippen LogP contribution in [0.1, 0.15) is 29.5 Å². The lowest BCUT2D eigenvalue weighted by Crippen LogP contribution is -2.35. The average molecular weight is 446 g/mol. The summed E-state index contributed by atoms with van der Waals surface area (Å²) in [4.78, 5) is 14.9. The molecule has 0 unspecified atom stereocenters. The molecule has 1 N–H and O–H groups in total. The Morgan fingerprint density at radius 1 is 1.03 bits per heavy atom. The summed E-state index contributed by atoms with van der Waals surface area (Å²) < 4.78 is 28.2. The first kappa shape index (κ1) is 21.6. The van der Waals surface area contributed by atoms with Crippen LogP contribution in [0.5, 0.6) is 0 Å². The van der Waals surface area contributed by atoms with E-state index in [-0.39, 0.29) is 10.8 Å². The van der Waals surface area contributed by atoms with Crippen LogP contribution in [0.15, 0.2) is 77.7 Å². The summed E-state index contributed by atoms with van der Waals surface area (Å²) in [5.41, 5.74) is 3.74. The number of nitrogens with one attached hydrogen (secondary N) is 1. The van der Waals surface area contributed by atoms with Crippen molar-refractivity contribution in [3.63, 3.8) is 0 Å². The molecule has 1 aliphatic rings. The van der Waals surface area contributed by atoms with Gasteiger partial charge in [-0.3, -0.25) is 9.52 Å². The molecular formula is C25H23N3O3S. The Bertz CT molecular complexity index is 1260. The predicted molar refractivity (Wildman–Crippen MR) is 124 cm³/mol. The van der Waals surface area contributed by atoms with Crippen LogP contribution in [-0.4, -0.2) is 20.9 Å². The number of nitrogens with zero attached hydrogens (tertiary/aromatic N) is 2. The second kappa shape index (κ2) is 9.25. The fourth-order valence-corrected chi connectivity index (χ4v) is 4.96. The van der Waals surface area contributed by atoms with Gasteiger partial charge in [-0.05, 0) is 72.9 Å². The Hall–Kier alpha value is -3.63. The van der Waals surface area contributed by atoms with Gasteiger partial charge in [-0.15, -0.1) is 0 Å². The number of carbonyl (C=O) groups is 1. The van der Waals surface area contributed by atoms with E-state index in [0.717, 1.165) is 29.7 Å². The van der Waals surface area contributed by atoms with Crippen LogP contribution in [0.25, 0.3) is 0 Å². The van der Waals surface area contributed by atoms with E-state index in [1.807, 2.05) is 18.2 Å². The summed E-state index contributed by atoms with van der Waals surface area (Å²) in [5, 5.41) is 8.90. The molecule has 1 heterocycles. The molecule has 0 saturated heterocycles. The van der Waals surface area contributed by atoms with Crippen LogP contribution < -0.4 is 9.62 Å². The summed E-state index contributed by atoms with van der Waals surface area (Å²) in [6.07, 6.45) is 2.44. The van der Waals surface area contributed by atoms with Gasteiger partial charge in [-0.1, -0.05) is 30.3 Å². The van der Waals surface area contributed by atoms with Crippen molar-refractivity contribution in [1.29, 1.82) is 5.26 Å². The second-order valence-corrected chi connectivity index (χ2v) is 9.40. The molecule has 0 radical (unpaired) electrons. The first-order chi connectivity index (χ1) is 15.5. The molecule has 162 valence electrons. The summed E-state index contributed by atoms with van der Waals surface area (Å²) in [5.74, 6) is 0.00771. The summed E-state index contributed by atoms with van der Waals surface area (Å²) >= 11 is 0. The van der Waals surface area contributed by atoms with Crippen molar-refractivity contribution in [3.05, 3.63) is 89.5 Å². The Kier molecular flexibility index (Phi) is 6.24. The molecule has 4 rings (SSSR count). The maximum atomic E-state index is 12.9. The largest absolute Gasteiger partial charge is 0.312 e. The van der Waals surface area contributed by atoms with E-state index in [1.54, 1.807) is 59.5 Å². The van der Waals surface area contributed by atoms with Crippen molar-refractivity contribution in [3.8, 4) is 6.07 Å². The number of nitriles is 1. The smallest absolute Gasteiger partial charge is 0.261 e. The third-order valence-electron chi connectivity index (χ3n) is 5.52. The highest BCUT2D eigenvalue weighted by molar-refractivity contribution is 7.92. The molecular weight excluding hydrogens is 422 g/mol. The van der Waals surface area contributed by atoms with E-state index in [9.17, 15) is 13.2 Å². The predicted octanol–water partition coefficient (Wildman–Crippen LogP) is 4.27. The highest BCUT2D eigenvalue weighted by atomic mass is 32.2. The standard InChI is InChI=1S/C25H23N3O3S/c26-18-20-10-8-19(9-11-20)12-15-25(29)28-16-4-5-21-17-23(13-14-24(21)28)32(30,31)27-22-6-2-1-3-7-22/h1-3,6-11,13-14,17,27H,4-5,12,15-16H2. The van der Waals surface area contributed by atoms with Gasteiger partial charge in [0.2, 0.25) is 5.91 Å². The molecule has 0 bridgehead atoms. The molecule has 0 spiro atoms. The first-order valence-corrected chi connectivity index (χ1v) is 11.9. The number of aryl methyl sites for hydroxylation is 2. The van der Waals surface area contributed by atoms with E-state index < -0.39 is 10.0 Å². The van der Waals surface area contributed by atoms with Crippen LogP contribution >= 0.6 is 0 Å². The lowest BCUT2D eigenvalue weighted by Gasteiger charge is -2.30. The molecule has 3 aromatic rings. The summed E-state index contributed by atoms with van der Waals surface area (Å²) in [6.45, 7) is 0.619. The monoisotopic (exact) mass is 445 g/mol. The summed E-state index contributed by atoms with van der Waals surface area (Å²) in [6, 6.07) is 23.0. The van der Waals surface area contributed by atoms with Gasteiger partial charge in [0, 0.05) is 24.3 Å². The minimum atomic E-state index is -3.71. The molecule has 3 aromatic carbocycles. The van der Waals surface area contributed by atoms with Crippen molar-refractivity contribution >= 4 is 27.3 Å². The van der Waals surface area contributed by atoms with E-state index in [1.165, 1.54) is 0 Å². The van der Waals surface area contributed by atoms with E-state index in [0.29, 0.717) is 30.6 Å². The highest BCUT2D eigenvalue weighted by Crippen LogP contribution is 2.30. The molecule has 1 amide bonds. The van der Waals surface area contributed by atoms with Crippen molar-refractivity contribution in [2.24, 2.45) is 0 Å². The van der Waals surface area contributed by atoms with Crippen LogP contribution in [0.2, 0.25) is 0 Å². The quantitative estimate of drug-likeness (QED) is 0.613. The van der Waals surface area contributed by atoms with Gasteiger partial charge in [0.25, 0.3) is 10.0 Å². The molecule has 0 aromatic heterocycles. The third kappa shape index (κ3) is 4.82. The normalized spacial score (nSPS) is 13.2. The number of hydrogen-bond acceptors (Lipinski definition) is 4. The number of amides is 1. The Morgan fingerprint density at radius 2 is 1.78 bits per heavy atom. The minimum Gasteiger partial charge on any atom is -0.312 e. The van der Waals surface area contributed by atoms with Gasteiger partial charge in [0.1, 0.15) is 0 Å². The molecule has 32 heavy (non-hydrogen) atoms. The molecule has 6 nitrogen and oxygen atoms in total. The number of benzene rings is 3. The van der Waals surface area contributed by atoms with E-state index in [4.69, 9.17) is 5.26 Å². The Labute approximate surface area is 188 Å². The van der Waals surface area contributed by atoms with Crippen LogP contribution in [0.4, 0.5) is 11.4 Å². The van der Waals surface area contributed by atoms with Crippen LogP contribution in [-0.2, 0) is 27.7 Å². The summed E-state index contributed by atoms with van der Waals surface area (Å²) in [7, 11) is -3.71. The lowest BCUT2D eigenvalue weighted by molar-refractivity contribution is -0.118. The lowest BCUT2D eigenvalue weighted by atomic mass is 10.0. The fourth-order valence-electron chi connectivity index (χ4n) is 3.85. The zero-order valence-corrected chi connectivity index (χ0v) is 18.3. The average Bonchev–Trinajstić information content (AvgIpc) is 2.82.